The van der Waals surface area contributed by atoms with Crippen LogP contribution < -0.4 is 10.6 Å². The predicted octanol–water partition coefficient (Wildman–Crippen LogP) is 6.12. The molecule has 0 bridgehead atoms. The zero-order valence-corrected chi connectivity index (χ0v) is 24.8. The van der Waals surface area contributed by atoms with Crippen molar-refractivity contribution in [2.45, 2.75) is 49.5 Å². The summed E-state index contributed by atoms with van der Waals surface area (Å²) < 4.78 is 60.2. The monoisotopic (exact) mass is 623 g/mol. The minimum absolute atomic E-state index is 0.0983. The Hall–Kier alpha value is -4.19. The fourth-order valence-corrected chi connectivity index (χ4v) is 7.80. The number of halogens is 4. The molecule has 4 heterocycles. The molecule has 1 fully saturated rings. The molecule has 2 aromatic heterocycles. The highest BCUT2D eigenvalue weighted by Gasteiger charge is 2.40. The molecule has 3 atom stereocenters. The standard InChI is InChI=1S/C32H29F4N5O2S/c1-4-26(42)41-18(2)14-39(15-19(41)3)30-24-13-25(32(34,35)36)27(21-5-7-23(33)8-6-21)29-28(24)40(31(43)38-30)16-22(17-44-29)20-9-11-37-12-10-20/h4-13,18-19,22H,1,14-17H2,2-3H3/t18-,19+,22-/m0/s1. The van der Waals surface area contributed by atoms with Crippen LogP contribution >= 0.6 is 11.8 Å². The number of piperazine rings is 1. The van der Waals surface area contributed by atoms with Gasteiger partial charge in [0.05, 0.1) is 11.1 Å². The molecule has 4 aromatic rings. The molecule has 0 saturated carbocycles. The highest BCUT2D eigenvalue weighted by molar-refractivity contribution is 7.99. The molecule has 6 rings (SSSR count). The third-order valence-electron chi connectivity index (χ3n) is 8.29. The van der Waals surface area contributed by atoms with E-state index < -0.39 is 23.2 Å². The Bertz CT molecular complexity index is 1800. The van der Waals surface area contributed by atoms with Gasteiger partial charge in [0.15, 0.2) is 0 Å². The maximum atomic E-state index is 14.9. The van der Waals surface area contributed by atoms with E-state index in [2.05, 4.69) is 16.5 Å². The summed E-state index contributed by atoms with van der Waals surface area (Å²) in [6.45, 7) is 8.00. The van der Waals surface area contributed by atoms with Gasteiger partial charge < -0.3 is 9.80 Å². The highest BCUT2D eigenvalue weighted by atomic mass is 32.2. The molecular weight excluding hydrogens is 594 g/mol. The van der Waals surface area contributed by atoms with E-state index >= 15 is 0 Å². The summed E-state index contributed by atoms with van der Waals surface area (Å²) in [5.41, 5.74) is -0.116. The normalized spacial score (nSPS) is 20.5. The van der Waals surface area contributed by atoms with E-state index in [1.807, 2.05) is 26.0 Å². The summed E-state index contributed by atoms with van der Waals surface area (Å²) in [7, 11) is 0. The molecule has 1 saturated heterocycles. The Labute approximate surface area is 255 Å². The number of amides is 1. The van der Waals surface area contributed by atoms with E-state index in [0.717, 1.165) is 23.8 Å². The van der Waals surface area contributed by atoms with Gasteiger partial charge in [-0.25, -0.2) is 9.18 Å². The molecule has 0 aliphatic carbocycles. The van der Waals surface area contributed by atoms with Gasteiger partial charge in [-0.15, -0.1) is 11.8 Å². The van der Waals surface area contributed by atoms with Gasteiger partial charge in [-0.05, 0) is 61.4 Å². The minimum Gasteiger partial charge on any atom is -0.352 e. The lowest BCUT2D eigenvalue weighted by molar-refractivity contribution is -0.137. The van der Waals surface area contributed by atoms with Crippen LogP contribution in [0.5, 0.6) is 0 Å². The van der Waals surface area contributed by atoms with Crippen LogP contribution in [0.3, 0.4) is 0 Å². The van der Waals surface area contributed by atoms with E-state index in [0.29, 0.717) is 16.2 Å². The van der Waals surface area contributed by atoms with Crippen molar-refractivity contribution < 1.29 is 22.4 Å². The largest absolute Gasteiger partial charge is 0.417 e. The molecule has 12 heteroatoms. The number of benzene rings is 2. The molecule has 0 unspecified atom stereocenters. The summed E-state index contributed by atoms with van der Waals surface area (Å²) in [5, 5.41) is 0.198. The van der Waals surface area contributed by atoms with Crippen molar-refractivity contribution in [3.63, 3.8) is 0 Å². The van der Waals surface area contributed by atoms with Gasteiger partial charge >= 0.3 is 11.9 Å². The second-order valence-electron chi connectivity index (χ2n) is 11.2. The summed E-state index contributed by atoms with van der Waals surface area (Å²) >= 11 is 1.25. The Morgan fingerprint density at radius 1 is 1.05 bits per heavy atom. The number of thioether (sulfide) groups is 1. The predicted molar refractivity (Wildman–Crippen MR) is 162 cm³/mol. The number of alkyl halides is 3. The van der Waals surface area contributed by atoms with Crippen LogP contribution in [0.25, 0.3) is 22.0 Å². The lowest BCUT2D eigenvalue weighted by Crippen LogP contribution is -2.58. The number of carbonyl (C=O) groups is 1. The topological polar surface area (TPSA) is 71.3 Å². The first-order chi connectivity index (χ1) is 21.0. The smallest absolute Gasteiger partial charge is 0.352 e. The van der Waals surface area contributed by atoms with Crippen LogP contribution in [-0.2, 0) is 17.5 Å². The molecule has 0 N–H and O–H groups in total. The molecule has 228 valence electrons. The number of hydrogen-bond donors (Lipinski definition) is 0. The number of hydrogen-bond acceptors (Lipinski definition) is 6. The Morgan fingerprint density at radius 2 is 1.70 bits per heavy atom. The lowest BCUT2D eigenvalue weighted by atomic mass is 9.95. The fourth-order valence-electron chi connectivity index (χ4n) is 6.40. The van der Waals surface area contributed by atoms with Gasteiger partial charge in [-0.1, -0.05) is 18.7 Å². The van der Waals surface area contributed by atoms with Crippen molar-refractivity contribution >= 4 is 34.4 Å². The summed E-state index contributed by atoms with van der Waals surface area (Å²) in [6.07, 6.45) is -0.243. The number of aromatic nitrogens is 3. The van der Waals surface area contributed by atoms with Crippen LogP contribution in [0.2, 0.25) is 0 Å². The van der Waals surface area contributed by atoms with Crippen LogP contribution in [-0.4, -0.2) is 56.3 Å². The van der Waals surface area contributed by atoms with Gasteiger partial charge in [0.25, 0.3) is 0 Å². The summed E-state index contributed by atoms with van der Waals surface area (Å²) in [6, 6.07) is 9.03. The average molecular weight is 624 g/mol. The quantitative estimate of drug-likeness (QED) is 0.202. The van der Waals surface area contributed by atoms with Crippen molar-refractivity contribution in [2.75, 3.05) is 23.7 Å². The van der Waals surface area contributed by atoms with Crippen LogP contribution in [0.1, 0.15) is 30.9 Å². The molecule has 2 aliphatic rings. The Balaban J connectivity index is 1.63. The minimum atomic E-state index is -4.76. The second kappa shape index (κ2) is 11.4. The van der Waals surface area contributed by atoms with Crippen molar-refractivity contribution in [1.82, 2.24) is 19.4 Å². The first-order valence-corrected chi connectivity index (χ1v) is 15.1. The van der Waals surface area contributed by atoms with Gasteiger partial charge in [0.2, 0.25) is 5.91 Å². The number of rotatable bonds is 4. The molecule has 7 nitrogen and oxygen atoms in total. The summed E-state index contributed by atoms with van der Waals surface area (Å²) in [5.74, 6) is -0.492. The van der Waals surface area contributed by atoms with Gasteiger partial charge in [-0.2, -0.15) is 18.2 Å². The van der Waals surface area contributed by atoms with Crippen molar-refractivity contribution in [3.8, 4) is 11.1 Å². The van der Waals surface area contributed by atoms with Crippen molar-refractivity contribution in [3.05, 3.63) is 94.9 Å². The molecule has 0 radical (unpaired) electrons. The second-order valence-corrected chi connectivity index (χ2v) is 12.2. The van der Waals surface area contributed by atoms with E-state index in [9.17, 15) is 27.2 Å². The lowest BCUT2D eigenvalue weighted by Gasteiger charge is -2.44. The number of carbonyl (C=O) groups excluding carboxylic acids is 1. The third kappa shape index (κ3) is 5.25. The van der Waals surface area contributed by atoms with Crippen molar-refractivity contribution in [2.24, 2.45) is 0 Å². The Morgan fingerprint density at radius 3 is 2.32 bits per heavy atom. The highest BCUT2D eigenvalue weighted by Crippen LogP contribution is 2.49. The fraction of sp³-hybridized carbons (Fsp3) is 0.312. The van der Waals surface area contributed by atoms with Crippen LogP contribution in [0.4, 0.5) is 23.4 Å². The molecule has 2 aliphatic heterocycles. The van der Waals surface area contributed by atoms with E-state index in [1.165, 1.54) is 34.5 Å². The molecule has 2 aromatic carbocycles. The molecular formula is C32H29F4N5O2S. The maximum Gasteiger partial charge on any atom is 0.417 e. The number of nitrogens with zero attached hydrogens (tertiary/aromatic N) is 5. The Kier molecular flexibility index (Phi) is 7.73. The van der Waals surface area contributed by atoms with Gasteiger partial charge in [0.1, 0.15) is 11.6 Å². The number of anilines is 1. The molecule has 1 amide bonds. The third-order valence-corrected chi connectivity index (χ3v) is 9.55. The average Bonchev–Trinajstić information content (AvgIpc) is 3.20. The van der Waals surface area contributed by atoms with E-state index in [4.69, 9.17) is 0 Å². The first-order valence-electron chi connectivity index (χ1n) is 14.1. The maximum absolute atomic E-state index is 14.9. The van der Waals surface area contributed by atoms with Crippen LogP contribution in [0.15, 0.2) is 77.2 Å². The molecule has 0 spiro atoms. The SMILES string of the molecule is C=CC(=O)N1[C@H](C)CN(c2nc(=O)n3c4c(c(-c5ccc(F)cc5)c(C(F)(F)F)cc24)SC[C@@H](c2ccncc2)C3)C[C@@H]1C. The van der Waals surface area contributed by atoms with E-state index in [-0.39, 0.29) is 65.9 Å². The van der Waals surface area contributed by atoms with Gasteiger partial charge in [0, 0.05) is 71.6 Å². The van der Waals surface area contributed by atoms with Gasteiger partial charge in [-0.3, -0.25) is 14.3 Å². The molecule has 44 heavy (non-hydrogen) atoms. The number of pyridine rings is 1. The zero-order chi connectivity index (χ0) is 31.3. The first kappa shape index (κ1) is 29.9. The van der Waals surface area contributed by atoms with E-state index in [1.54, 1.807) is 22.2 Å². The summed E-state index contributed by atoms with van der Waals surface area (Å²) in [4.78, 5) is 38.6. The zero-order valence-electron chi connectivity index (χ0n) is 24.0. The van der Waals surface area contributed by atoms with Crippen LogP contribution in [0, 0.1) is 5.82 Å². The van der Waals surface area contributed by atoms with Crippen molar-refractivity contribution in [1.29, 1.82) is 0 Å².